The van der Waals surface area contributed by atoms with Crippen molar-refractivity contribution in [3.05, 3.63) is 53.1 Å². The molecule has 3 nitrogen and oxygen atoms in total. The number of fused-ring (bicyclic) bond motifs is 1. The maximum absolute atomic E-state index is 11.5. The summed E-state index contributed by atoms with van der Waals surface area (Å²) in [7, 11) is 0. The molecule has 0 saturated carbocycles. The summed E-state index contributed by atoms with van der Waals surface area (Å²) in [6.45, 7) is 0. The normalized spacial score (nSPS) is 13.3. The lowest BCUT2D eigenvalue weighted by atomic mass is 10.1. The van der Waals surface area contributed by atoms with Gasteiger partial charge in [-0.2, -0.15) is 0 Å². The predicted octanol–water partition coefficient (Wildman–Crippen LogP) is 3.63. The van der Waals surface area contributed by atoms with Crippen LogP contribution in [0.3, 0.4) is 0 Å². The Balaban J connectivity index is 1.93. The minimum Gasteiger partial charge on any atom is -0.318 e. The standard InChI is InChI=1S/C14H8ClNO2S/c15-10-3-1-2-4-12(10)19-8-5-6-9-11(7-8)16-14(18)13(9)17/h1-7H,(H,16,17,18). The molecule has 0 radical (unpaired) electrons. The summed E-state index contributed by atoms with van der Waals surface area (Å²) in [6, 6.07) is 12.8. The Hall–Kier alpha value is -1.78. The molecule has 0 unspecified atom stereocenters. The van der Waals surface area contributed by atoms with Crippen LogP contribution in [-0.4, -0.2) is 11.7 Å². The number of Topliss-reactive ketones (excluding diaryl/α,β-unsaturated/α-hetero) is 1. The largest absolute Gasteiger partial charge is 0.318 e. The number of ketones is 1. The van der Waals surface area contributed by atoms with Crippen LogP contribution in [0.15, 0.2) is 52.3 Å². The van der Waals surface area contributed by atoms with Gasteiger partial charge in [-0.1, -0.05) is 35.5 Å². The molecule has 0 aromatic heterocycles. The fourth-order valence-electron chi connectivity index (χ4n) is 1.84. The molecule has 0 spiro atoms. The number of hydrogen-bond acceptors (Lipinski definition) is 3. The van der Waals surface area contributed by atoms with E-state index in [0.29, 0.717) is 16.3 Å². The van der Waals surface area contributed by atoms with Crippen LogP contribution in [0.2, 0.25) is 5.02 Å². The van der Waals surface area contributed by atoms with Crippen molar-refractivity contribution in [3.8, 4) is 0 Å². The third kappa shape index (κ3) is 2.25. The highest BCUT2D eigenvalue weighted by Gasteiger charge is 2.27. The van der Waals surface area contributed by atoms with Gasteiger partial charge in [0.2, 0.25) is 0 Å². The van der Waals surface area contributed by atoms with Gasteiger partial charge >= 0.3 is 0 Å². The molecule has 19 heavy (non-hydrogen) atoms. The molecule has 0 aliphatic carbocycles. The lowest BCUT2D eigenvalue weighted by Gasteiger charge is -2.05. The van der Waals surface area contributed by atoms with Crippen LogP contribution in [0.4, 0.5) is 5.69 Å². The van der Waals surface area contributed by atoms with Crippen LogP contribution in [0.1, 0.15) is 10.4 Å². The van der Waals surface area contributed by atoms with E-state index < -0.39 is 11.7 Å². The molecular formula is C14H8ClNO2S. The van der Waals surface area contributed by atoms with Crippen molar-refractivity contribution in [1.29, 1.82) is 0 Å². The van der Waals surface area contributed by atoms with Gasteiger partial charge in [0.1, 0.15) is 0 Å². The number of amides is 1. The number of halogens is 1. The van der Waals surface area contributed by atoms with E-state index in [0.717, 1.165) is 9.79 Å². The van der Waals surface area contributed by atoms with Crippen LogP contribution >= 0.6 is 23.4 Å². The smallest absolute Gasteiger partial charge is 0.296 e. The SMILES string of the molecule is O=C1Nc2cc(Sc3ccccc3Cl)ccc2C1=O. The number of carbonyl (C=O) groups excluding carboxylic acids is 2. The van der Waals surface area contributed by atoms with Crippen molar-refractivity contribution in [2.75, 3.05) is 5.32 Å². The quantitative estimate of drug-likeness (QED) is 0.859. The van der Waals surface area contributed by atoms with Crippen molar-refractivity contribution in [2.45, 2.75) is 9.79 Å². The number of benzene rings is 2. The summed E-state index contributed by atoms with van der Waals surface area (Å²) < 4.78 is 0. The second kappa shape index (κ2) is 4.72. The lowest BCUT2D eigenvalue weighted by Crippen LogP contribution is -2.12. The van der Waals surface area contributed by atoms with Gasteiger partial charge in [0.05, 0.1) is 16.3 Å². The summed E-state index contributed by atoms with van der Waals surface area (Å²) in [5.41, 5.74) is 0.987. The molecule has 94 valence electrons. The van der Waals surface area contributed by atoms with Crippen molar-refractivity contribution in [3.63, 3.8) is 0 Å². The van der Waals surface area contributed by atoms with E-state index in [9.17, 15) is 9.59 Å². The Morgan fingerprint density at radius 2 is 1.84 bits per heavy atom. The molecule has 2 aromatic rings. The number of anilines is 1. The van der Waals surface area contributed by atoms with E-state index in [2.05, 4.69) is 5.32 Å². The van der Waals surface area contributed by atoms with Gasteiger partial charge in [-0.15, -0.1) is 0 Å². The zero-order chi connectivity index (χ0) is 13.4. The molecule has 1 amide bonds. The van der Waals surface area contributed by atoms with Crippen molar-refractivity contribution >= 4 is 40.7 Å². The topological polar surface area (TPSA) is 46.2 Å². The first-order valence-corrected chi connectivity index (χ1v) is 6.77. The van der Waals surface area contributed by atoms with Crippen LogP contribution in [-0.2, 0) is 4.79 Å². The monoisotopic (exact) mass is 289 g/mol. The summed E-state index contributed by atoms with van der Waals surface area (Å²) in [5, 5.41) is 3.23. The highest BCUT2D eigenvalue weighted by molar-refractivity contribution is 7.99. The second-order valence-electron chi connectivity index (χ2n) is 4.02. The molecule has 0 saturated heterocycles. The molecule has 1 aliphatic heterocycles. The molecule has 1 N–H and O–H groups in total. The second-order valence-corrected chi connectivity index (χ2v) is 5.55. The van der Waals surface area contributed by atoms with Crippen LogP contribution in [0.5, 0.6) is 0 Å². The minimum atomic E-state index is -0.574. The van der Waals surface area contributed by atoms with E-state index >= 15 is 0 Å². The fraction of sp³-hybridized carbons (Fsp3) is 0. The molecule has 3 rings (SSSR count). The molecule has 0 atom stereocenters. The van der Waals surface area contributed by atoms with Crippen LogP contribution in [0, 0.1) is 0 Å². The Morgan fingerprint density at radius 1 is 1.05 bits per heavy atom. The third-order valence-electron chi connectivity index (χ3n) is 2.75. The molecule has 5 heteroatoms. The molecule has 1 heterocycles. The van der Waals surface area contributed by atoms with Crippen molar-refractivity contribution in [2.24, 2.45) is 0 Å². The van der Waals surface area contributed by atoms with Gasteiger partial charge in [-0.25, -0.2) is 0 Å². The molecule has 2 aromatic carbocycles. The summed E-state index contributed by atoms with van der Waals surface area (Å²) in [6.07, 6.45) is 0. The molecule has 1 aliphatic rings. The first-order valence-electron chi connectivity index (χ1n) is 5.57. The molecular weight excluding hydrogens is 282 g/mol. The van der Waals surface area contributed by atoms with Crippen LogP contribution < -0.4 is 5.32 Å². The van der Waals surface area contributed by atoms with E-state index in [1.165, 1.54) is 11.8 Å². The first-order chi connectivity index (χ1) is 9.15. The minimum absolute atomic E-state index is 0.425. The Bertz CT molecular complexity index is 700. The summed E-state index contributed by atoms with van der Waals surface area (Å²) >= 11 is 7.58. The van der Waals surface area contributed by atoms with Crippen LogP contribution in [0.25, 0.3) is 0 Å². The summed E-state index contributed by atoms with van der Waals surface area (Å²) in [4.78, 5) is 24.6. The molecule has 0 fully saturated rings. The summed E-state index contributed by atoms with van der Waals surface area (Å²) in [5.74, 6) is -1.06. The van der Waals surface area contributed by atoms with Gasteiger partial charge in [0.25, 0.3) is 11.7 Å². The fourth-order valence-corrected chi connectivity index (χ4v) is 2.97. The highest BCUT2D eigenvalue weighted by Crippen LogP contribution is 2.36. The average molecular weight is 290 g/mol. The van der Waals surface area contributed by atoms with Gasteiger partial charge in [0, 0.05) is 9.79 Å². The zero-order valence-electron chi connectivity index (χ0n) is 9.64. The predicted molar refractivity (Wildman–Crippen MR) is 75.0 cm³/mol. The Kier molecular flexibility index (Phi) is 3.05. The average Bonchev–Trinajstić information content (AvgIpc) is 2.68. The Labute approximate surface area is 119 Å². The zero-order valence-corrected chi connectivity index (χ0v) is 11.2. The van der Waals surface area contributed by atoms with E-state index in [4.69, 9.17) is 11.6 Å². The number of hydrogen-bond donors (Lipinski definition) is 1. The highest BCUT2D eigenvalue weighted by atomic mass is 35.5. The maximum atomic E-state index is 11.5. The van der Waals surface area contributed by atoms with Gasteiger partial charge < -0.3 is 5.32 Å². The number of carbonyl (C=O) groups is 2. The van der Waals surface area contributed by atoms with Crippen molar-refractivity contribution < 1.29 is 9.59 Å². The number of rotatable bonds is 2. The third-order valence-corrected chi connectivity index (χ3v) is 4.26. The van der Waals surface area contributed by atoms with Crippen molar-refractivity contribution in [1.82, 2.24) is 0 Å². The van der Waals surface area contributed by atoms with E-state index in [1.807, 2.05) is 30.3 Å². The maximum Gasteiger partial charge on any atom is 0.296 e. The van der Waals surface area contributed by atoms with E-state index in [-0.39, 0.29) is 0 Å². The van der Waals surface area contributed by atoms with Gasteiger partial charge in [0.15, 0.2) is 0 Å². The van der Waals surface area contributed by atoms with E-state index in [1.54, 1.807) is 12.1 Å². The lowest BCUT2D eigenvalue weighted by molar-refractivity contribution is -0.112. The van der Waals surface area contributed by atoms with Gasteiger partial charge in [-0.3, -0.25) is 9.59 Å². The van der Waals surface area contributed by atoms with Gasteiger partial charge in [-0.05, 0) is 30.3 Å². The molecule has 0 bridgehead atoms. The Morgan fingerprint density at radius 3 is 2.63 bits per heavy atom. The first kappa shape index (κ1) is 12.3. The number of nitrogens with one attached hydrogen (secondary N) is 1.